The van der Waals surface area contributed by atoms with Gasteiger partial charge in [-0.3, -0.25) is 0 Å². The lowest BCUT2D eigenvalue weighted by atomic mass is 9.99. The Labute approximate surface area is 208 Å². The number of nitrogens with zero attached hydrogens (tertiary/aromatic N) is 1. The summed E-state index contributed by atoms with van der Waals surface area (Å²) < 4.78 is 5.13. The van der Waals surface area contributed by atoms with Crippen LogP contribution in [0.2, 0.25) is 0 Å². The number of fused-ring (bicyclic) bond motifs is 7. The zero-order valence-corrected chi connectivity index (χ0v) is 20.2. The molecule has 0 atom stereocenters. The summed E-state index contributed by atoms with van der Waals surface area (Å²) in [5, 5.41) is 5.26. The molecule has 7 rings (SSSR count). The Morgan fingerprint density at radius 1 is 0.657 bits per heavy atom. The van der Waals surface area contributed by atoms with Gasteiger partial charge in [-0.25, -0.2) is 0 Å². The van der Waals surface area contributed by atoms with E-state index in [4.69, 9.17) is 0 Å². The number of hydrogen-bond acceptors (Lipinski definition) is 1. The van der Waals surface area contributed by atoms with E-state index < -0.39 is 0 Å². The van der Waals surface area contributed by atoms with Gasteiger partial charge in [0.2, 0.25) is 0 Å². The van der Waals surface area contributed by atoms with Gasteiger partial charge in [-0.05, 0) is 47.9 Å². The summed E-state index contributed by atoms with van der Waals surface area (Å²) in [5.74, 6) is 0. The molecule has 1 nitrogen and oxygen atoms in total. The molecule has 0 aliphatic rings. The zero-order valence-electron chi connectivity index (χ0n) is 19.4. The molecule has 2 heterocycles. The van der Waals surface area contributed by atoms with E-state index in [1.54, 1.807) is 0 Å². The Bertz CT molecular complexity index is 1890. The van der Waals surface area contributed by atoms with Gasteiger partial charge in [0.05, 0.1) is 15.7 Å². The van der Waals surface area contributed by atoms with E-state index >= 15 is 0 Å². The Morgan fingerprint density at radius 3 is 2.17 bits per heavy atom. The normalized spacial score (nSPS) is 12.0. The second kappa shape index (κ2) is 7.97. The van der Waals surface area contributed by atoms with Crippen LogP contribution in [0.5, 0.6) is 0 Å². The van der Waals surface area contributed by atoms with Gasteiger partial charge in [0.1, 0.15) is 0 Å². The van der Waals surface area contributed by atoms with Crippen LogP contribution in [0.1, 0.15) is 12.5 Å². The Kier molecular flexibility index (Phi) is 4.61. The minimum absolute atomic E-state index is 1.19. The molecule has 2 heteroatoms. The maximum absolute atomic E-state index is 2.45. The fraction of sp³-hybridized carbons (Fsp3) is 0.0303. The molecule has 7 aromatic rings. The SMILES string of the molecule is C/C=C/c1cc2c3ccccc3n(-c3ccccc3)c2c2sc3c(-c4ccccc4)cccc3c12. The van der Waals surface area contributed by atoms with Crippen LogP contribution < -0.4 is 0 Å². The third-order valence-corrected chi connectivity index (χ3v) is 8.12. The van der Waals surface area contributed by atoms with Crippen LogP contribution in [0.3, 0.4) is 0 Å². The van der Waals surface area contributed by atoms with E-state index in [0.717, 1.165) is 0 Å². The fourth-order valence-electron chi connectivity index (χ4n) is 5.44. The minimum atomic E-state index is 1.19. The van der Waals surface area contributed by atoms with E-state index in [0.29, 0.717) is 0 Å². The van der Waals surface area contributed by atoms with Gasteiger partial charge in [0.25, 0.3) is 0 Å². The largest absolute Gasteiger partial charge is 0.308 e. The summed E-state index contributed by atoms with van der Waals surface area (Å²) in [5.41, 5.74) is 7.57. The predicted molar refractivity (Wildman–Crippen MR) is 154 cm³/mol. The average Bonchev–Trinajstić information content (AvgIpc) is 3.46. The van der Waals surface area contributed by atoms with Gasteiger partial charge in [-0.2, -0.15) is 0 Å². The van der Waals surface area contributed by atoms with E-state index in [2.05, 4.69) is 133 Å². The first-order valence-electron chi connectivity index (χ1n) is 12.0. The monoisotopic (exact) mass is 465 g/mol. The quantitative estimate of drug-likeness (QED) is 0.245. The first-order chi connectivity index (χ1) is 17.3. The lowest BCUT2D eigenvalue weighted by Gasteiger charge is -2.09. The van der Waals surface area contributed by atoms with Crippen LogP contribution in [0, 0.1) is 0 Å². The molecule has 0 N–H and O–H groups in total. The van der Waals surface area contributed by atoms with Gasteiger partial charge in [-0.1, -0.05) is 97.1 Å². The van der Waals surface area contributed by atoms with Crippen molar-refractivity contribution in [1.29, 1.82) is 0 Å². The minimum Gasteiger partial charge on any atom is -0.308 e. The van der Waals surface area contributed by atoms with Gasteiger partial charge < -0.3 is 4.57 Å². The van der Waals surface area contributed by atoms with Gasteiger partial charge in [0, 0.05) is 31.9 Å². The molecule has 0 amide bonds. The molecule has 0 radical (unpaired) electrons. The predicted octanol–water partition coefficient (Wildman–Crippen LogP) is 9.85. The lowest BCUT2D eigenvalue weighted by Crippen LogP contribution is -1.93. The van der Waals surface area contributed by atoms with Crippen LogP contribution in [-0.4, -0.2) is 4.57 Å². The molecular formula is C33H23NS. The van der Waals surface area contributed by atoms with Gasteiger partial charge in [-0.15, -0.1) is 11.3 Å². The van der Waals surface area contributed by atoms with Crippen molar-refractivity contribution in [3.63, 3.8) is 0 Å². The first-order valence-corrected chi connectivity index (χ1v) is 12.8. The molecule has 0 saturated carbocycles. The lowest BCUT2D eigenvalue weighted by molar-refractivity contribution is 1.19. The van der Waals surface area contributed by atoms with Crippen molar-refractivity contribution in [2.45, 2.75) is 6.92 Å². The molecule has 35 heavy (non-hydrogen) atoms. The summed E-state index contributed by atoms with van der Waals surface area (Å²) in [6.45, 7) is 2.10. The smallest absolute Gasteiger partial charge is 0.0720 e. The van der Waals surface area contributed by atoms with E-state index in [1.807, 2.05) is 11.3 Å². The first kappa shape index (κ1) is 20.3. The molecule has 2 aromatic heterocycles. The van der Waals surface area contributed by atoms with E-state index in [1.165, 1.54) is 64.4 Å². The highest BCUT2D eigenvalue weighted by molar-refractivity contribution is 7.27. The maximum Gasteiger partial charge on any atom is 0.0720 e. The van der Waals surface area contributed by atoms with Crippen molar-refractivity contribution < 1.29 is 0 Å². The zero-order chi connectivity index (χ0) is 23.4. The van der Waals surface area contributed by atoms with E-state index in [9.17, 15) is 0 Å². The second-order valence-corrected chi connectivity index (χ2v) is 9.93. The Balaban J connectivity index is 1.73. The molecular weight excluding hydrogens is 442 g/mol. The second-order valence-electron chi connectivity index (χ2n) is 8.90. The summed E-state index contributed by atoms with van der Waals surface area (Å²) in [6.07, 6.45) is 4.42. The van der Waals surface area contributed by atoms with Crippen molar-refractivity contribution in [3.05, 3.63) is 121 Å². The molecule has 0 bridgehead atoms. The highest BCUT2D eigenvalue weighted by atomic mass is 32.1. The van der Waals surface area contributed by atoms with Crippen LogP contribution in [0.25, 0.3) is 64.9 Å². The van der Waals surface area contributed by atoms with Crippen LogP contribution in [0.15, 0.2) is 115 Å². The maximum atomic E-state index is 2.45. The molecule has 0 fully saturated rings. The third-order valence-electron chi connectivity index (χ3n) is 6.88. The van der Waals surface area contributed by atoms with Gasteiger partial charge >= 0.3 is 0 Å². The molecule has 166 valence electrons. The topological polar surface area (TPSA) is 4.93 Å². The Morgan fingerprint density at radius 2 is 1.37 bits per heavy atom. The number of rotatable bonds is 3. The standard InChI is InChI=1S/C33H23NS/c1-2-12-23-21-28-26-17-9-10-20-29(26)34(24-15-7-4-8-16-24)31(28)33-30(23)27-19-11-18-25(32(27)35-33)22-13-5-3-6-14-22/h2-21H,1H3/b12-2+. The molecule has 5 aromatic carbocycles. The van der Waals surface area contributed by atoms with Crippen molar-refractivity contribution in [2.75, 3.05) is 0 Å². The Hall–Kier alpha value is -4.14. The molecule has 0 saturated heterocycles. The fourth-order valence-corrected chi connectivity index (χ4v) is 6.84. The summed E-state index contributed by atoms with van der Waals surface area (Å²) >= 11 is 1.92. The highest BCUT2D eigenvalue weighted by Gasteiger charge is 2.20. The van der Waals surface area contributed by atoms with Crippen molar-refractivity contribution >= 4 is 59.4 Å². The van der Waals surface area contributed by atoms with Gasteiger partial charge in [0.15, 0.2) is 0 Å². The van der Waals surface area contributed by atoms with Crippen molar-refractivity contribution in [2.24, 2.45) is 0 Å². The van der Waals surface area contributed by atoms with Crippen LogP contribution >= 0.6 is 11.3 Å². The number of benzene rings is 5. The number of thiophene rings is 1. The van der Waals surface area contributed by atoms with Crippen molar-refractivity contribution in [3.8, 4) is 16.8 Å². The number of allylic oxidation sites excluding steroid dienone is 1. The number of aromatic nitrogens is 1. The third kappa shape index (κ3) is 3.00. The summed E-state index contributed by atoms with van der Waals surface area (Å²) in [6, 6.07) is 39.4. The molecule has 0 spiro atoms. The van der Waals surface area contributed by atoms with Crippen LogP contribution in [0.4, 0.5) is 0 Å². The number of para-hydroxylation sites is 2. The average molecular weight is 466 g/mol. The molecule has 0 aliphatic carbocycles. The molecule has 0 aliphatic heterocycles. The summed E-state index contributed by atoms with van der Waals surface area (Å²) in [7, 11) is 0. The van der Waals surface area contributed by atoms with Crippen molar-refractivity contribution in [1.82, 2.24) is 4.57 Å². The number of hydrogen-bond donors (Lipinski definition) is 0. The highest BCUT2D eigenvalue weighted by Crippen LogP contribution is 2.47. The summed E-state index contributed by atoms with van der Waals surface area (Å²) in [4.78, 5) is 0. The van der Waals surface area contributed by atoms with E-state index in [-0.39, 0.29) is 0 Å². The van der Waals surface area contributed by atoms with Crippen LogP contribution in [-0.2, 0) is 0 Å². The molecule has 0 unspecified atom stereocenters.